The Labute approximate surface area is 160 Å². The van der Waals surface area contributed by atoms with E-state index in [1.807, 2.05) is 29.2 Å². The molecule has 2 aromatic rings. The Morgan fingerprint density at radius 2 is 1.89 bits per heavy atom. The second-order valence-electron chi connectivity index (χ2n) is 7.10. The van der Waals surface area contributed by atoms with Crippen molar-refractivity contribution in [2.45, 2.75) is 26.2 Å². The fourth-order valence-electron chi connectivity index (χ4n) is 3.72. The number of hydrogen-bond donors (Lipinski definition) is 1. The molecular weight excluding hydrogens is 336 g/mol. The predicted molar refractivity (Wildman–Crippen MR) is 109 cm³/mol. The van der Waals surface area contributed by atoms with Crippen LogP contribution in [0.5, 0.6) is 0 Å². The summed E-state index contributed by atoms with van der Waals surface area (Å²) in [4.78, 5) is 25.1. The number of carbonyl (C=O) groups excluding carboxylic acids is 2. The largest absolute Gasteiger partial charge is 0.339 e. The predicted octanol–water partition coefficient (Wildman–Crippen LogP) is 4.28. The number of piperidine rings is 1. The van der Waals surface area contributed by atoms with Crippen LogP contribution in [0.3, 0.4) is 0 Å². The maximum atomic E-state index is 11.7. The highest BCUT2D eigenvalue weighted by Crippen LogP contribution is 2.30. The highest BCUT2D eigenvalue weighted by Gasteiger charge is 2.21. The molecule has 1 fully saturated rings. The van der Waals surface area contributed by atoms with Crippen LogP contribution < -0.4 is 5.32 Å². The molecule has 3 rings (SSSR count). The summed E-state index contributed by atoms with van der Waals surface area (Å²) in [5.74, 6) is 0.546. The van der Waals surface area contributed by atoms with Crippen molar-refractivity contribution in [3.63, 3.8) is 0 Å². The lowest BCUT2D eigenvalue weighted by Gasteiger charge is -2.31. The molecule has 27 heavy (non-hydrogen) atoms. The maximum absolute atomic E-state index is 11.7. The van der Waals surface area contributed by atoms with Crippen molar-refractivity contribution in [3.8, 4) is 11.1 Å². The van der Waals surface area contributed by atoms with Gasteiger partial charge in [0.05, 0.1) is 0 Å². The number of anilines is 1. The van der Waals surface area contributed by atoms with Crippen LogP contribution >= 0.6 is 0 Å². The Kier molecular flexibility index (Phi) is 6.07. The normalized spacial score (nSPS) is 14.6. The average molecular weight is 362 g/mol. The van der Waals surface area contributed by atoms with Gasteiger partial charge in [0.1, 0.15) is 0 Å². The van der Waals surface area contributed by atoms with Crippen LogP contribution in [0.4, 0.5) is 5.69 Å². The van der Waals surface area contributed by atoms with E-state index in [2.05, 4.69) is 36.2 Å². The van der Waals surface area contributed by atoms with Crippen molar-refractivity contribution >= 4 is 17.5 Å². The SMILES string of the molecule is C=CC(=O)N1CCC(Cc2cccc(-c3ccccc3NC(C)=O)c2)CC1. The summed E-state index contributed by atoms with van der Waals surface area (Å²) in [5, 5.41) is 2.91. The van der Waals surface area contributed by atoms with Gasteiger partial charge >= 0.3 is 0 Å². The molecule has 1 aliphatic rings. The first-order valence-corrected chi connectivity index (χ1v) is 9.44. The number of hydrogen-bond acceptors (Lipinski definition) is 2. The zero-order chi connectivity index (χ0) is 19.2. The lowest BCUT2D eigenvalue weighted by atomic mass is 9.89. The van der Waals surface area contributed by atoms with Crippen LogP contribution in [0.25, 0.3) is 11.1 Å². The molecule has 0 saturated carbocycles. The van der Waals surface area contributed by atoms with E-state index in [9.17, 15) is 9.59 Å². The van der Waals surface area contributed by atoms with Gasteiger partial charge in [-0.05, 0) is 48.4 Å². The minimum Gasteiger partial charge on any atom is -0.339 e. The minimum atomic E-state index is -0.0700. The second kappa shape index (κ2) is 8.67. The summed E-state index contributed by atoms with van der Waals surface area (Å²) in [6.45, 7) is 6.71. The third kappa shape index (κ3) is 4.85. The lowest BCUT2D eigenvalue weighted by molar-refractivity contribution is -0.127. The molecule has 4 nitrogen and oxygen atoms in total. The first-order chi connectivity index (χ1) is 13.1. The molecule has 0 spiro atoms. The van der Waals surface area contributed by atoms with E-state index in [0.717, 1.165) is 49.2 Å². The van der Waals surface area contributed by atoms with E-state index in [1.165, 1.54) is 18.6 Å². The van der Waals surface area contributed by atoms with Crippen LogP contribution in [0.15, 0.2) is 61.2 Å². The zero-order valence-electron chi connectivity index (χ0n) is 15.8. The van der Waals surface area contributed by atoms with Gasteiger partial charge in [0.2, 0.25) is 11.8 Å². The van der Waals surface area contributed by atoms with Crippen LogP contribution in [0.2, 0.25) is 0 Å². The van der Waals surface area contributed by atoms with Crippen LogP contribution in [-0.2, 0) is 16.0 Å². The first-order valence-electron chi connectivity index (χ1n) is 9.44. The number of amides is 2. The molecule has 4 heteroatoms. The van der Waals surface area contributed by atoms with Crippen molar-refractivity contribution < 1.29 is 9.59 Å². The van der Waals surface area contributed by atoms with Gasteiger partial charge in [-0.3, -0.25) is 9.59 Å². The van der Waals surface area contributed by atoms with E-state index >= 15 is 0 Å². The van der Waals surface area contributed by atoms with Gasteiger partial charge in [-0.2, -0.15) is 0 Å². The maximum Gasteiger partial charge on any atom is 0.245 e. The number of carbonyl (C=O) groups is 2. The molecule has 2 aromatic carbocycles. The topological polar surface area (TPSA) is 49.4 Å². The third-order valence-electron chi connectivity index (χ3n) is 5.10. The molecule has 1 heterocycles. The highest BCUT2D eigenvalue weighted by atomic mass is 16.2. The molecule has 0 unspecified atom stereocenters. The summed E-state index contributed by atoms with van der Waals surface area (Å²) in [7, 11) is 0. The van der Waals surface area contributed by atoms with Crippen molar-refractivity contribution in [3.05, 3.63) is 66.7 Å². The standard InChI is InChI=1S/C23H26N2O2/c1-3-23(27)25-13-11-18(12-14-25)15-19-7-6-8-20(16-19)21-9-4-5-10-22(21)24-17(2)26/h3-10,16,18H,1,11-15H2,2H3,(H,24,26). The second-order valence-corrected chi connectivity index (χ2v) is 7.10. The van der Waals surface area contributed by atoms with E-state index in [-0.39, 0.29) is 11.8 Å². The lowest BCUT2D eigenvalue weighted by Crippen LogP contribution is -2.37. The fraction of sp³-hybridized carbons (Fsp3) is 0.304. The van der Waals surface area contributed by atoms with Gasteiger partial charge in [0, 0.05) is 31.3 Å². The molecule has 1 saturated heterocycles. The Hall–Kier alpha value is -2.88. The highest BCUT2D eigenvalue weighted by molar-refractivity contribution is 5.94. The Bertz CT molecular complexity index is 836. The van der Waals surface area contributed by atoms with Gasteiger partial charge in [-0.15, -0.1) is 0 Å². The van der Waals surface area contributed by atoms with Crippen LogP contribution in [-0.4, -0.2) is 29.8 Å². The van der Waals surface area contributed by atoms with Gasteiger partial charge < -0.3 is 10.2 Å². The molecule has 1 aliphatic heterocycles. The molecule has 0 aromatic heterocycles. The van der Waals surface area contributed by atoms with Crippen molar-refractivity contribution in [2.24, 2.45) is 5.92 Å². The van der Waals surface area contributed by atoms with E-state index in [0.29, 0.717) is 5.92 Å². The molecule has 0 bridgehead atoms. The molecular formula is C23H26N2O2. The van der Waals surface area contributed by atoms with Crippen LogP contribution in [0.1, 0.15) is 25.3 Å². The molecule has 0 aliphatic carbocycles. The summed E-state index contributed by atoms with van der Waals surface area (Å²) < 4.78 is 0. The van der Waals surface area contributed by atoms with Crippen molar-refractivity contribution in [1.29, 1.82) is 0 Å². The molecule has 140 valence electrons. The summed E-state index contributed by atoms with van der Waals surface area (Å²) in [5.41, 5.74) is 4.26. The van der Waals surface area contributed by atoms with E-state index in [1.54, 1.807) is 0 Å². The van der Waals surface area contributed by atoms with Crippen molar-refractivity contribution in [1.82, 2.24) is 4.90 Å². The average Bonchev–Trinajstić information content (AvgIpc) is 2.68. The van der Waals surface area contributed by atoms with Gasteiger partial charge in [-0.1, -0.05) is 49.0 Å². The Morgan fingerprint density at radius 1 is 1.15 bits per heavy atom. The number of nitrogens with one attached hydrogen (secondary N) is 1. The minimum absolute atomic E-state index is 0.0324. The van der Waals surface area contributed by atoms with Crippen molar-refractivity contribution in [2.75, 3.05) is 18.4 Å². The number of para-hydroxylation sites is 1. The van der Waals surface area contributed by atoms with Gasteiger partial charge in [-0.25, -0.2) is 0 Å². The van der Waals surface area contributed by atoms with Crippen LogP contribution in [0, 0.1) is 5.92 Å². The molecule has 1 N–H and O–H groups in total. The molecule has 0 radical (unpaired) electrons. The number of likely N-dealkylation sites (tertiary alicyclic amines) is 1. The zero-order valence-corrected chi connectivity index (χ0v) is 15.8. The summed E-state index contributed by atoms with van der Waals surface area (Å²) in [6, 6.07) is 16.4. The fourth-order valence-corrected chi connectivity index (χ4v) is 3.72. The number of rotatable bonds is 5. The quantitative estimate of drug-likeness (QED) is 0.807. The number of nitrogens with zero attached hydrogens (tertiary/aromatic N) is 1. The third-order valence-corrected chi connectivity index (χ3v) is 5.10. The van der Waals surface area contributed by atoms with Gasteiger partial charge in [0.15, 0.2) is 0 Å². The number of benzene rings is 2. The van der Waals surface area contributed by atoms with E-state index in [4.69, 9.17) is 0 Å². The Morgan fingerprint density at radius 3 is 2.59 bits per heavy atom. The molecule has 0 atom stereocenters. The summed E-state index contributed by atoms with van der Waals surface area (Å²) in [6.07, 6.45) is 4.45. The monoisotopic (exact) mass is 362 g/mol. The molecule has 2 amide bonds. The first kappa shape index (κ1) is 18.9. The van der Waals surface area contributed by atoms with E-state index < -0.39 is 0 Å². The Balaban J connectivity index is 1.71. The smallest absolute Gasteiger partial charge is 0.245 e. The van der Waals surface area contributed by atoms with Gasteiger partial charge in [0.25, 0.3) is 0 Å². The summed E-state index contributed by atoms with van der Waals surface area (Å²) >= 11 is 0.